The summed E-state index contributed by atoms with van der Waals surface area (Å²) >= 11 is 0. The Morgan fingerprint density at radius 2 is 1.95 bits per heavy atom. The Balaban J connectivity index is 2.48. The summed E-state index contributed by atoms with van der Waals surface area (Å²) in [5, 5.41) is 0. The minimum atomic E-state index is -1.21. The van der Waals surface area contributed by atoms with Crippen molar-refractivity contribution in [2.45, 2.75) is 31.6 Å². The zero-order valence-corrected chi connectivity index (χ0v) is 11.1. The molecule has 1 aliphatic carbocycles. The SMILES string of the molecule is COC(=O)C1(C(N)=O)CCCC[C@@H]1c1ccccc1. The first-order chi connectivity index (χ1) is 9.13. The van der Waals surface area contributed by atoms with E-state index in [0.29, 0.717) is 6.42 Å². The quantitative estimate of drug-likeness (QED) is 0.668. The van der Waals surface area contributed by atoms with Crippen LogP contribution in [0.5, 0.6) is 0 Å². The van der Waals surface area contributed by atoms with Crippen LogP contribution < -0.4 is 5.73 Å². The molecule has 4 heteroatoms. The van der Waals surface area contributed by atoms with Crippen LogP contribution in [0, 0.1) is 5.41 Å². The van der Waals surface area contributed by atoms with Crippen molar-refractivity contribution in [3.8, 4) is 0 Å². The highest BCUT2D eigenvalue weighted by Gasteiger charge is 2.53. The van der Waals surface area contributed by atoms with E-state index in [-0.39, 0.29) is 5.92 Å². The number of nitrogens with two attached hydrogens (primary N) is 1. The number of hydrogen-bond acceptors (Lipinski definition) is 3. The third-order valence-electron chi connectivity index (χ3n) is 4.10. The van der Waals surface area contributed by atoms with Gasteiger partial charge in [0.05, 0.1) is 7.11 Å². The lowest BCUT2D eigenvalue weighted by atomic mass is 9.63. The van der Waals surface area contributed by atoms with Crippen molar-refractivity contribution in [3.05, 3.63) is 35.9 Å². The topological polar surface area (TPSA) is 69.4 Å². The molecule has 0 radical (unpaired) electrons. The van der Waals surface area contributed by atoms with E-state index < -0.39 is 17.3 Å². The average Bonchev–Trinajstić information content (AvgIpc) is 2.47. The van der Waals surface area contributed by atoms with Crippen LogP contribution in [0.4, 0.5) is 0 Å². The number of rotatable bonds is 3. The Bertz CT molecular complexity index is 472. The van der Waals surface area contributed by atoms with Gasteiger partial charge in [-0.2, -0.15) is 0 Å². The van der Waals surface area contributed by atoms with Gasteiger partial charge >= 0.3 is 5.97 Å². The highest BCUT2D eigenvalue weighted by atomic mass is 16.5. The van der Waals surface area contributed by atoms with Gasteiger partial charge in [0.1, 0.15) is 0 Å². The molecule has 0 saturated heterocycles. The number of esters is 1. The molecule has 1 fully saturated rings. The fraction of sp³-hybridized carbons (Fsp3) is 0.467. The average molecular weight is 261 g/mol. The van der Waals surface area contributed by atoms with E-state index in [2.05, 4.69) is 0 Å². The molecule has 1 unspecified atom stereocenters. The molecule has 102 valence electrons. The van der Waals surface area contributed by atoms with E-state index in [1.165, 1.54) is 7.11 Å². The fourth-order valence-corrected chi connectivity index (χ4v) is 3.13. The van der Waals surface area contributed by atoms with Crippen molar-refractivity contribution in [2.24, 2.45) is 11.1 Å². The summed E-state index contributed by atoms with van der Waals surface area (Å²) in [6, 6.07) is 9.61. The first kappa shape index (κ1) is 13.6. The lowest BCUT2D eigenvalue weighted by Crippen LogP contribution is -2.50. The lowest BCUT2D eigenvalue weighted by Gasteiger charge is -2.39. The maximum absolute atomic E-state index is 12.2. The number of methoxy groups -OCH3 is 1. The van der Waals surface area contributed by atoms with Gasteiger partial charge in [-0.1, -0.05) is 43.2 Å². The summed E-state index contributed by atoms with van der Waals surface area (Å²) in [6.07, 6.45) is 3.06. The first-order valence-electron chi connectivity index (χ1n) is 6.56. The third-order valence-corrected chi connectivity index (χ3v) is 4.10. The van der Waals surface area contributed by atoms with Crippen LogP contribution in [0.25, 0.3) is 0 Å². The van der Waals surface area contributed by atoms with E-state index in [9.17, 15) is 9.59 Å². The zero-order valence-electron chi connectivity index (χ0n) is 11.1. The molecule has 4 nitrogen and oxygen atoms in total. The van der Waals surface area contributed by atoms with Crippen LogP contribution in [0.1, 0.15) is 37.2 Å². The maximum Gasteiger partial charge on any atom is 0.321 e. The van der Waals surface area contributed by atoms with Crippen LogP contribution in [-0.2, 0) is 14.3 Å². The number of benzene rings is 1. The summed E-state index contributed by atoms with van der Waals surface area (Å²) in [5.41, 5.74) is 5.33. The van der Waals surface area contributed by atoms with Crippen LogP contribution >= 0.6 is 0 Å². The molecule has 2 rings (SSSR count). The Hall–Kier alpha value is -1.84. The molecule has 0 aromatic heterocycles. The molecule has 0 aliphatic heterocycles. The summed E-state index contributed by atoms with van der Waals surface area (Å²) in [6.45, 7) is 0. The number of amides is 1. The number of carbonyl (C=O) groups is 2. The smallest absolute Gasteiger partial charge is 0.321 e. The van der Waals surface area contributed by atoms with Crippen LogP contribution in [-0.4, -0.2) is 19.0 Å². The normalized spacial score (nSPS) is 26.7. The molecule has 1 saturated carbocycles. The van der Waals surface area contributed by atoms with E-state index in [0.717, 1.165) is 24.8 Å². The Morgan fingerprint density at radius 3 is 2.53 bits per heavy atom. The number of ether oxygens (including phenoxy) is 1. The number of carbonyl (C=O) groups excluding carboxylic acids is 2. The number of hydrogen-bond donors (Lipinski definition) is 1. The minimum absolute atomic E-state index is 0.188. The zero-order chi connectivity index (χ0) is 13.9. The summed E-state index contributed by atoms with van der Waals surface area (Å²) < 4.78 is 4.87. The Labute approximate surface area is 112 Å². The predicted octanol–water partition coefficient (Wildman–Crippen LogP) is 1.99. The summed E-state index contributed by atoms with van der Waals surface area (Å²) in [7, 11) is 1.31. The van der Waals surface area contributed by atoms with Crippen molar-refractivity contribution in [2.75, 3.05) is 7.11 Å². The maximum atomic E-state index is 12.2. The fourth-order valence-electron chi connectivity index (χ4n) is 3.13. The Kier molecular flexibility index (Phi) is 3.88. The van der Waals surface area contributed by atoms with Crippen molar-refractivity contribution in [1.29, 1.82) is 0 Å². The van der Waals surface area contributed by atoms with Gasteiger partial charge < -0.3 is 10.5 Å². The molecule has 1 aromatic carbocycles. The van der Waals surface area contributed by atoms with Crippen LogP contribution in [0.3, 0.4) is 0 Å². The van der Waals surface area contributed by atoms with Crippen LogP contribution in [0.15, 0.2) is 30.3 Å². The Morgan fingerprint density at radius 1 is 1.26 bits per heavy atom. The summed E-state index contributed by atoms with van der Waals surface area (Å²) in [4.78, 5) is 24.2. The summed E-state index contributed by atoms with van der Waals surface area (Å²) in [5.74, 6) is -1.27. The van der Waals surface area contributed by atoms with Gasteiger partial charge in [0.25, 0.3) is 0 Å². The van der Waals surface area contributed by atoms with Gasteiger partial charge in [0.15, 0.2) is 5.41 Å². The van der Waals surface area contributed by atoms with Crippen LogP contribution in [0.2, 0.25) is 0 Å². The van der Waals surface area contributed by atoms with Gasteiger partial charge in [-0.3, -0.25) is 9.59 Å². The molecule has 0 spiro atoms. The van der Waals surface area contributed by atoms with E-state index in [1.807, 2.05) is 30.3 Å². The molecule has 19 heavy (non-hydrogen) atoms. The predicted molar refractivity (Wildman–Crippen MR) is 71.3 cm³/mol. The third kappa shape index (κ3) is 2.23. The lowest BCUT2D eigenvalue weighted by molar-refractivity contribution is -0.161. The number of primary amides is 1. The highest BCUT2D eigenvalue weighted by Crippen LogP contribution is 2.48. The van der Waals surface area contributed by atoms with Crippen molar-refractivity contribution >= 4 is 11.9 Å². The molecule has 1 aliphatic rings. The van der Waals surface area contributed by atoms with Crippen molar-refractivity contribution in [3.63, 3.8) is 0 Å². The van der Waals surface area contributed by atoms with Gasteiger partial charge in [-0.25, -0.2) is 0 Å². The largest absolute Gasteiger partial charge is 0.468 e. The molecule has 0 bridgehead atoms. The first-order valence-corrected chi connectivity index (χ1v) is 6.56. The second-order valence-corrected chi connectivity index (χ2v) is 5.04. The molecule has 1 aromatic rings. The highest BCUT2D eigenvalue weighted by molar-refractivity contribution is 6.03. The van der Waals surface area contributed by atoms with Crippen molar-refractivity contribution in [1.82, 2.24) is 0 Å². The second-order valence-electron chi connectivity index (χ2n) is 5.04. The second kappa shape index (κ2) is 5.43. The molecular formula is C15H19NO3. The molecular weight excluding hydrogens is 242 g/mol. The monoisotopic (exact) mass is 261 g/mol. The van der Waals surface area contributed by atoms with Gasteiger partial charge in [0, 0.05) is 5.92 Å². The van der Waals surface area contributed by atoms with Gasteiger partial charge in [0.2, 0.25) is 5.91 Å². The van der Waals surface area contributed by atoms with E-state index in [4.69, 9.17) is 10.5 Å². The van der Waals surface area contributed by atoms with E-state index >= 15 is 0 Å². The van der Waals surface area contributed by atoms with Crippen molar-refractivity contribution < 1.29 is 14.3 Å². The van der Waals surface area contributed by atoms with E-state index in [1.54, 1.807) is 0 Å². The van der Waals surface area contributed by atoms with Gasteiger partial charge in [-0.05, 0) is 18.4 Å². The minimum Gasteiger partial charge on any atom is -0.468 e. The molecule has 1 amide bonds. The standard InChI is InChI=1S/C15H19NO3/c1-19-14(18)15(13(16)17)10-6-5-9-12(15)11-7-3-2-4-8-11/h2-4,7-8,12H,5-6,9-10H2,1H3,(H2,16,17)/t12-,15?/m1/s1. The molecule has 0 heterocycles. The van der Waals surface area contributed by atoms with Gasteiger partial charge in [-0.15, -0.1) is 0 Å². The molecule has 2 N–H and O–H groups in total. The molecule has 2 atom stereocenters.